The van der Waals surface area contributed by atoms with Crippen molar-refractivity contribution in [3.05, 3.63) is 30.1 Å². The first-order valence-electron chi connectivity index (χ1n) is 5.58. The Balaban J connectivity index is 2.04. The number of benzene rings is 1. The zero-order valence-corrected chi connectivity index (χ0v) is 9.19. The average molecular weight is 219 g/mol. The van der Waals surface area contributed by atoms with Crippen molar-refractivity contribution in [3.63, 3.8) is 0 Å². The average Bonchev–Trinajstić information content (AvgIpc) is 2.73. The summed E-state index contributed by atoms with van der Waals surface area (Å²) in [5.41, 5.74) is 7.58. The van der Waals surface area contributed by atoms with Gasteiger partial charge in [0.1, 0.15) is 5.82 Å². The molecule has 0 radical (unpaired) electrons. The first-order valence-corrected chi connectivity index (χ1v) is 5.58. The zero-order valence-electron chi connectivity index (χ0n) is 9.19. The second-order valence-electron chi connectivity index (χ2n) is 4.02. The minimum Gasteiger partial charge on any atom is -0.396 e. The minimum atomic E-state index is 0.150. The molecule has 0 aliphatic rings. The molecule has 0 fully saturated rings. The molecule has 0 spiro atoms. The van der Waals surface area contributed by atoms with Gasteiger partial charge in [-0.3, -0.25) is 0 Å². The maximum Gasteiger partial charge on any atom is 0.107 e. The van der Waals surface area contributed by atoms with E-state index < -0.39 is 0 Å². The number of aryl methyl sites for hydroxylation is 1. The van der Waals surface area contributed by atoms with Gasteiger partial charge in [-0.05, 0) is 31.0 Å². The van der Waals surface area contributed by atoms with Crippen LogP contribution in [-0.4, -0.2) is 28.2 Å². The first kappa shape index (κ1) is 11.1. The zero-order chi connectivity index (χ0) is 11.4. The van der Waals surface area contributed by atoms with E-state index in [1.54, 1.807) is 0 Å². The summed E-state index contributed by atoms with van der Waals surface area (Å²) in [7, 11) is 0. The van der Waals surface area contributed by atoms with Crippen molar-refractivity contribution in [1.82, 2.24) is 9.97 Å². The number of nitrogens with zero attached hydrogens (tertiary/aromatic N) is 1. The Kier molecular flexibility index (Phi) is 3.54. The SMILES string of the molecule is NCC(CO)CCc1nc2ccccc2[nH]1. The molecule has 86 valence electrons. The van der Waals surface area contributed by atoms with Crippen molar-refractivity contribution >= 4 is 11.0 Å². The summed E-state index contributed by atoms with van der Waals surface area (Å²) in [5, 5.41) is 9.03. The van der Waals surface area contributed by atoms with E-state index in [9.17, 15) is 0 Å². The quantitative estimate of drug-likeness (QED) is 0.704. The lowest BCUT2D eigenvalue weighted by Gasteiger charge is -2.08. The molecule has 0 aliphatic carbocycles. The number of aliphatic hydroxyl groups is 1. The number of imidazole rings is 1. The van der Waals surface area contributed by atoms with E-state index in [1.807, 2.05) is 24.3 Å². The summed E-state index contributed by atoms with van der Waals surface area (Å²) >= 11 is 0. The number of hydrogen-bond donors (Lipinski definition) is 3. The number of hydrogen-bond acceptors (Lipinski definition) is 3. The van der Waals surface area contributed by atoms with Gasteiger partial charge in [-0.1, -0.05) is 12.1 Å². The van der Waals surface area contributed by atoms with E-state index in [4.69, 9.17) is 10.8 Å². The fourth-order valence-corrected chi connectivity index (χ4v) is 1.75. The van der Waals surface area contributed by atoms with Gasteiger partial charge in [-0.2, -0.15) is 0 Å². The summed E-state index contributed by atoms with van der Waals surface area (Å²) in [4.78, 5) is 7.74. The highest BCUT2D eigenvalue weighted by molar-refractivity contribution is 5.74. The Morgan fingerprint density at radius 2 is 2.19 bits per heavy atom. The number of fused-ring (bicyclic) bond motifs is 1. The van der Waals surface area contributed by atoms with Gasteiger partial charge >= 0.3 is 0 Å². The van der Waals surface area contributed by atoms with Gasteiger partial charge in [0.15, 0.2) is 0 Å². The highest BCUT2D eigenvalue weighted by atomic mass is 16.3. The molecule has 4 N–H and O–H groups in total. The number of para-hydroxylation sites is 2. The number of rotatable bonds is 5. The highest BCUT2D eigenvalue weighted by Gasteiger charge is 2.07. The van der Waals surface area contributed by atoms with Crippen LogP contribution in [0.25, 0.3) is 11.0 Å². The molecule has 16 heavy (non-hydrogen) atoms. The molecule has 1 aromatic heterocycles. The molecule has 2 aromatic rings. The van der Waals surface area contributed by atoms with Crippen LogP contribution in [0.2, 0.25) is 0 Å². The second-order valence-corrected chi connectivity index (χ2v) is 4.02. The van der Waals surface area contributed by atoms with E-state index in [2.05, 4.69) is 9.97 Å². The summed E-state index contributed by atoms with van der Waals surface area (Å²) < 4.78 is 0. The molecule has 4 heteroatoms. The normalized spacial score (nSPS) is 13.1. The standard InChI is InChI=1S/C12H17N3O/c13-7-9(8-16)5-6-12-14-10-3-1-2-4-11(10)15-12/h1-4,9,16H,5-8,13H2,(H,14,15). The Hall–Kier alpha value is -1.39. The molecule has 0 aliphatic heterocycles. The largest absolute Gasteiger partial charge is 0.396 e. The molecule has 1 aromatic carbocycles. The van der Waals surface area contributed by atoms with Crippen LogP contribution in [0.5, 0.6) is 0 Å². The molecule has 1 heterocycles. The van der Waals surface area contributed by atoms with Crippen molar-refractivity contribution < 1.29 is 5.11 Å². The van der Waals surface area contributed by atoms with Crippen LogP contribution in [0.15, 0.2) is 24.3 Å². The second kappa shape index (κ2) is 5.09. The maximum atomic E-state index is 9.03. The Morgan fingerprint density at radius 3 is 2.88 bits per heavy atom. The van der Waals surface area contributed by atoms with E-state index in [0.717, 1.165) is 29.7 Å². The Labute approximate surface area is 94.5 Å². The molecule has 1 unspecified atom stereocenters. The molecule has 1 atom stereocenters. The molecule has 0 saturated carbocycles. The number of aromatic nitrogens is 2. The summed E-state index contributed by atoms with van der Waals surface area (Å²) in [6.45, 7) is 0.674. The monoisotopic (exact) mass is 219 g/mol. The summed E-state index contributed by atoms with van der Waals surface area (Å²) in [5.74, 6) is 1.14. The third-order valence-electron chi connectivity index (χ3n) is 2.82. The minimum absolute atomic E-state index is 0.150. The van der Waals surface area contributed by atoms with Crippen molar-refractivity contribution in [2.24, 2.45) is 11.7 Å². The van der Waals surface area contributed by atoms with Crippen LogP contribution in [0, 0.1) is 5.92 Å². The van der Waals surface area contributed by atoms with Crippen LogP contribution in [0.1, 0.15) is 12.2 Å². The molecular weight excluding hydrogens is 202 g/mol. The third kappa shape index (κ3) is 2.40. The maximum absolute atomic E-state index is 9.03. The van der Waals surface area contributed by atoms with Gasteiger partial charge in [0.05, 0.1) is 11.0 Å². The topological polar surface area (TPSA) is 74.9 Å². The number of aromatic amines is 1. The van der Waals surface area contributed by atoms with E-state index in [-0.39, 0.29) is 12.5 Å². The number of nitrogens with one attached hydrogen (secondary N) is 1. The smallest absolute Gasteiger partial charge is 0.107 e. The predicted molar refractivity (Wildman–Crippen MR) is 64.0 cm³/mol. The number of aliphatic hydroxyl groups excluding tert-OH is 1. The lowest BCUT2D eigenvalue weighted by atomic mass is 10.0. The molecule has 0 bridgehead atoms. The van der Waals surface area contributed by atoms with Crippen LogP contribution >= 0.6 is 0 Å². The van der Waals surface area contributed by atoms with E-state index in [1.165, 1.54) is 0 Å². The first-order chi connectivity index (χ1) is 7.83. The molecule has 2 rings (SSSR count). The van der Waals surface area contributed by atoms with Gasteiger partial charge in [-0.15, -0.1) is 0 Å². The molecular formula is C12H17N3O. The lowest BCUT2D eigenvalue weighted by Crippen LogP contribution is -2.18. The predicted octanol–water partition coefficient (Wildman–Crippen LogP) is 1.06. The van der Waals surface area contributed by atoms with Crippen LogP contribution in [-0.2, 0) is 6.42 Å². The van der Waals surface area contributed by atoms with Gasteiger partial charge in [-0.25, -0.2) is 4.98 Å². The van der Waals surface area contributed by atoms with Crippen molar-refractivity contribution in [2.75, 3.05) is 13.2 Å². The van der Waals surface area contributed by atoms with Gasteiger partial charge in [0.2, 0.25) is 0 Å². The lowest BCUT2D eigenvalue weighted by molar-refractivity contribution is 0.222. The van der Waals surface area contributed by atoms with Gasteiger partial charge < -0.3 is 15.8 Å². The third-order valence-corrected chi connectivity index (χ3v) is 2.82. The molecule has 4 nitrogen and oxygen atoms in total. The van der Waals surface area contributed by atoms with Crippen LogP contribution in [0.3, 0.4) is 0 Å². The summed E-state index contributed by atoms with van der Waals surface area (Å²) in [6.07, 6.45) is 1.70. The molecule has 0 saturated heterocycles. The molecule has 0 amide bonds. The number of nitrogens with two attached hydrogens (primary N) is 1. The van der Waals surface area contributed by atoms with Crippen molar-refractivity contribution in [3.8, 4) is 0 Å². The van der Waals surface area contributed by atoms with E-state index in [0.29, 0.717) is 6.54 Å². The van der Waals surface area contributed by atoms with Crippen LogP contribution in [0.4, 0.5) is 0 Å². The van der Waals surface area contributed by atoms with Gasteiger partial charge in [0.25, 0.3) is 0 Å². The van der Waals surface area contributed by atoms with Crippen molar-refractivity contribution in [1.29, 1.82) is 0 Å². The highest BCUT2D eigenvalue weighted by Crippen LogP contribution is 2.13. The van der Waals surface area contributed by atoms with E-state index >= 15 is 0 Å². The Morgan fingerprint density at radius 1 is 1.38 bits per heavy atom. The number of H-pyrrole nitrogens is 1. The van der Waals surface area contributed by atoms with Gasteiger partial charge in [0, 0.05) is 13.0 Å². The Bertz CT molecular complexity index is 415. The fourth-order valence-electron chi connectivity index (χ4n) is 1.75. The van der Waals surface area contributed by atoms with Crippen molar-refractivity contribution in [2.45, 2.75) is 12.8 Å². The fraction of sp³-hybridized carbons (Fsp3) is 0.417. The summed E-state index contributed by atoms with van der Waals surface area (Å²) in [6, 6.07) is 7.96. The van der Waals surface area contributed by atoms with Crippen LogP contribution < -0.4 is 5.73 Å².